The highest BCUT2D eigenvalue weighted by Crippen LogP contribution is 2.26. The molecule has 0 amide bonds. The van der Waals surface area contributed by atoms with Crippen LogP contribution in [-0.2, 0) is 4.74 Å². The molecular formula is C13H17NO2S. The van der Waals surface area contributed by atoms with Crippen LogP contribution in [0.25, 0.3) is 0 Å². The zero-order chi connectivity index (χ0) is 12.1. The van der Waals surface area contributed by atoms with Gasteiger partial charge in [-0.3, -0.25) is 0 Å². The van der Waals surface area contributed by atoms with Crippen molar-refractivity contribution in [3.63, 3.8) is 0 Å². The van der Waals surface area contributed by atoms with Crippen molar-refractivity contribution in [3.8, 4) is 0 Å². The molecule has 0 unspecified atom stereocenters. The first kappa shape index (κ1) is 12.5. The van der Waals surface area contributed by atoms with Crippen molar-refractivity contribution >= 4 is 17.9 Å². The molecule has 3 nitrogen and oxygen atoms in total. The molecule has 0 radical (unpaired) electrons. The number of esters is 1. The molecule has 0 aromatic heterocycles. The lowest BCUT2D eigenvalue weighted by Gasteiger charge is -2.25. The van der Waals surface area contributed by atoms with Gasteiger partial charge in [0.25, 0.3) is 0 Å². The SMILES string of the molecule is COC(=O)c1cccc(SN2CCCCC2)c1. The summed E-state index contributed by atoms with van der Waals surface area (Å²) in [6.45, 7) is 2.26. The summed E-state index contributed by atoms with van der Waals surface area (Å²) in [7, 11) is 1.41. The smallest absolute Gasteiger partial charge is 0.337 e. The van der Waals surface area contributed by atoms with E-state index < -0.39 is 0 Å². The number of hydrogen-bond acceptors (Lipinski definition) is 4. The first-order chi connectivity index (χ1) is 8.29. The van der Waals surface area contributed by atoms with Gasteiger partial charge >= 0.3 is 5.97 Å². The fraction of sp³-hybridized carbons (Fsp3) is 0.462. The number of carbonyl (C=O) groups is 1. The fourth-order valence-corrected chi connectivity index (χ4v) is 2.96. The van der Waals surface area contributed by atoms with Gasteiger partial charge in [-0.1, -0.05) is 12.5 Å². The summed E-state index contributed by atoms with van der Waals surface area (Å²) in [5, 5.41) is 0. The molecule has 92 valence electrons. The molecule has 1 aromatic carbocycles. The van der Waals surface area contributed by atoms with Crippen molar-refractivity contribution in [2.24, 2.45) is 0 Å². The zero-order valence-corrected chi connectivity index (χ0v) is 10.8. The van der Waals surface area contributed by atoms with Crippen molar-refractivity contribution in [1.29, 1.82) is 0 Å². The largest absolute Gasteiger partial charge is 0.465 e. The number of nitrogens with zero attached hydrogens (tertiary/aromatic N) is 1. The maximum absolute atomic E-state index is 11.4. The Morgan fingerprint density at radius 1 is 1.29 bits per heavy atom. The Balaban J connectivity index is 2.02. The summed E-state index contributed by atoms with van der Waals surface area (Å²) in [4.78, 5) is 12.5. The predicted molar refractivity (Wildman–Crippen MR) is 69.1 cm³/mol. The van der Waals surface area contributed by atoms with Crippen molar-refractivity contribution in [1.82, 2.24) is 4.31 Å². The summed E-state index contributed by atoms with van der Waals surface area (Å²) >= 11 is 1.73. The quantitative estimate of drug-likeness (QED) is 0.610. The molecule has 0 bridgehead atoms. The maximum Gasteiger partial charge on any atom is 0.337 e. The highest BCUT2D eigenvalue weighted by atomic mass is 32.2. The Bertz CT molecular complexity index is 389. The van der Waals surface area contributed by atoms with E-state index in [2.05, 4.69) is 4.31 Å². The highest BCUT2D eigenvalue weighted by molar-refractivity contribution is 7.97. The summed E-state index contributed by atoms with van der Waals surface area (Å²) in [6.07, 6.45) is 3.87. The van der Waals surface area contributed by atoms with Crippen LogP contribution in [0.1, 0.15) is 29.6 Å². The van der Waals surface area contributed by atoms with E-state index in [0.29, 0.717) is 5.56 Å². The van der Waals surface area contributed by atoms with E-state index in [1.807, 2.05) is 18.2 Å². The molecule has 1 aliphatic rings. The molecule has 17 heavy (non-hydrogen) atoms. The van der Waals surface area contributed by atoms with Crippen LogP contribution in [0.4, 0.5) is 0 Å². The van der Waals surface area contributed by atoms with E-state index in [0.717, 1.165) is 18.0 Å². The molecule has 0 saturated carbocycles. The highest BCUT2D eigenvalue weighted by Gasteiger charge is 2.12. The Morgan fingerprint density at radius 2 is 2.06 bits per heavy atom. The first-order valence-corrected chi connectivity index (χ1v) is 6.68. The van der Waals surface area contributed by atoms with Gasteiger partial charge in [-0.25, -0.2) is 9.10 Å². The van der Waals surface area contributed by atoms with Gasteiger partial charge in [0.2, 0.25) is 0 Å². The minimum Gasteiger partial charge on any atom is -0.465 e. The third-order valence-electron chi connectivity index (χ3n) is 2.80. The van der Waals surface area contributed by atoms with Crippen LogP contribution in [0.5, 0.6) is 0 Å². The third kappa shape index (κ3) is 3.48. The number of hydrogen-bond donors (Lipinski definition) is 0. The molecule has 0 N–H and O–H groups in total. The van der Waals surface area contributed by atoms with Crippen LogP contribution in [0.15, 0.2) is 29.2 Å². The normalized spacial score (nSPS) is 16.8. The second-order valence-corrected chi connectivity index (χ2v) is 5.27. The van der Waals surface area contributed by atoms with Crippen LogP contribution in [0.3, 0.4) is 0 Å². The molecule has 1 saturated heterocycles. The summed E-state index contributed by atoms with van der Waals surface area (Å²) < 4.78 is 7.08. The lowest BCUT2D eigenvalue weighted by atomic mass is 10.2. The second-order valence-electron chi connectivity index (χ2n) is 4.10. The third-order valence-corrected chi connectivity index (χ3v) is 3.89. The molecule has 0 atom stereocenters. The number of piperidine rings is 1. The van der Waals surface area contributed by atoms with E-state index in [1.54, 1.807) is 18.0 Å². The van der Waals surface area contributed by atoms with Gasteiger partial charge in [-0.2, -0.15) is 0 Å². The fourth-order valence-electron chi connectivity index (χ4n) is 1.90. The maximum atomic E-state index is 11.4. The molecule has 0 aliphatic carbocycles. The van der Waals surface area contributed by atoms with Crippen molar-refractivity contribution in [3.05, 3.63) is 29.8 Å². The average molecular weight is 251 g/mol. The standard InChI is InChI=1S/C13H17NO2S/c1-16-13(15)11-6-5-7-12(10-11)17-14-8-3-2-4-9-14/h5-7,10H,2-4,8-9H2,1H3. The van der Waals surface area contributed by atoms with Gasteiger partial charge in [0.15, 0.2) is 0 Å². The Hall–Kier alpha value is -1.00. The van der Waals surface area contributed by atoms with E-state index in [9.17, 15) is 4.79 Å². The molecule has 1 heterocycles. The van der Waals surface area contributed by atoms with Gasteiger partial charge in [-0.05, 0) is 43.0 Å². The van der Waals surface area contributed by atoms with E-state index in [-0.39, 0.29) is 5.97 Å². The molecule has 1 aromatic rings. The minimum absolute atomic E-state index is 0.272. The van der Waals surface area contributed by atoms with Crippen LogP contribution in [-0.4, -0.2) is 30.5 Å². The molecule has 2 rings (SSSR count). The number of rotatable bonds is 3. The monoisotopic (exact) mass is 251 g/mol. The van der Waals surface area contributed by atoms with Gasteiger partial charge < -0.3 is 4.74 Å². The first-order valence-electron chi connectivity index (χ1n) is 5.91. The molecular weight excluding hydrogens is 234 g/mol. The lowest BCUT2D eigenvalue weighted by molar-refractivity contribution is 0.0600. The van der Waals surface area contributed by atoms with Crippen molar-refractivity contribution in [2.45, 2.75) is 24.2 Å². The van der Waals surface area contributed by atoms with Crippen LogP contribution < -0.4 is 0 Å². The number of carbonyl (C=O) groups excluding carboxylic acids is 1. The molecule has 0 spiro atoms. The van der Waals surface area contributed by atoms with E-state index in [4.69, 9.17) is 4.74 Å². The van der Waals surface area contributed by atoms with Gasteiger partial charge in [0.05, 0.1) is 12.7 Å². The number of methoxy groups -OCH3 is 1. The van der Waals surface area contributed by atoms with Crippen molar-refractivity contribution < 1.29 is 9.53 Å². The Labute approximate surface area is 106 Å². The summed E-state index contributed by atoms with van der Waals surface area (Å²) in [5.74, 6) is -0.272. The van der Waals surface area contributed by atoms with Gasteiger partial charge in [0.1, 0.15) is 0 Å². The second kappa shape index (κ2) is 6.07. The predicted octanol–water partition coefficient (Wildman–Crippen LogP) is 2.97. The van der Waals surface area contributed by atoms with Crippen molar-refractivity contribution in [2.75, 3.05) is 20.2 Å². The van der Waals surface area contributed by atoms with Crippen LogP contribution >= 0.6 is 11.9 Å². The van der Waals surface area contributed by atoms with Crippen LogP contribution in [0, 0.1) is 0 Å². The molecule has 1 aliphatic heterocycles. The Kier molecular flexibility index (Phi) is 4.45. The number of ether oxygens (including phenoxy) is 1. The lowest BCUT2D eigenvalue weighted by Crippen LogP contribution is -2.22. The average Bonchev–Trinajstić information content (AvgIpc) is 2.39. The van der Waals surface area contributed by atoms with Gasteiger partial charge in [0, 0.05) is 18.0 Å². The minimum atomic E-state index is -0.272. The summed E-state index contributed by atoms with van der Waals surface area (Å²) in [6, 6.07) is 7.61. The Morgan fingerprint density at radius 3 is 2.76 bits per heavy atom. The summed E-state index contributed by atoms with van der Waals surface area (Å²) in [5.41, 5.74) is 0.620. The van der Waals surface area contributed by atoms with E-state index >= 15 is 0 Å². The topological polar surface area (TPSA) is 29.5 Å². The van der Waals surface area contributed by atoms with Gasteiger partial charge in [-0.15, -0.1) is 0 Å². The van der Waals surface area contributed by atoms with Crippen LogP contribution in [0.2, 0.25) is 0 Å². The zero-order valence-electron chi connectivity index (χ0n) is 10.0. The number of benzene rings is 1. The molecule has 1 fully saturated rings. The molecule has 4 heteroatoms. The van der Waals surface area contributed by atoms with E-state index in [1.165, 1.54) is 26.4 Å².